The van der Waals surface area contributed by atoms with Gasteiger partial charge in [0.2, 0.25) is 0 Å². The minimum absolute atomic E-state index is 0.0722. The molecule has 0 spiro atoms. The number of rotatable bonds is 3. The SMILES string of the molecule is COc1nccnc1O[C@@H]1CCN(C(=O)N2CCN(C)CC2)C1. The van der Waals surface area contributed by atoms with E-state index in [2.05, 4.69) is 21.9 Å². The molecule has 0 unspecified atom stereocenters. The topological polar surface area (TPSA) is 71.0 Å². The Morgan fingerprint density at radius 3 is 2.48 bits per heavy atom. The number of carbonyl (C=O) groups is 1. The first-order valence-corrected chi connectivity index (χ1v) is 7.91. The lowest BCUT2D eigenvalue weighted by Gasteiger charge is -2.34. The molecule has 2 fully saturated rings. The van der Waals surface area contributed by atoms with Crippen molar-refractivity contribution in [2.75, 3.05) is 53.4 Å². The Labute approximate surface area is 136 Å². The van der Waals surface area contributed by atoms with Gasteiger partial charge in [0.05, 0.1) is 13.7 Å². The summed E-state index contributed by atoms with van der Waals surface area (Å²) in [6.45, 7) is 4.71. The minimum atomic E-state index is -0.0722. The fraction of sp³-hybridized carbons (Fsp3) is 0.667. The van der Waals surface area contributed by atoms with Crippen LogP contribution in [0.2, 0.25) is 0 Å². The van der Waals surface area contributed by atoms with Crippen molar-refractivity contribution < 1.29 is 14.3 Å². The Bertz CT molecular complexity index is 548. The number of methoxy groups -OCH3 is 1. The first-order valence-electron chi connectivity index (χ1n) is 7.91. The molecule has 1 aromatic heterocycles. The molecule has 2 amide bonds. The average Bonchev–Trinajstić information content (AvgIpc) is 3.04. The fourth-order valence-corrected chi connectivity index (χ4v) is 2.89. The third-order valence-corrected chi connectivity index (χ3v) is 4.29. The van der Waals surface area contributed by atoms with Crippen LogP contribution in [-0.2, 0) is 0 Å². The molecule has 126 valence electrons. The molecule has 8 heteroatoms. The number of likely N-dealkylation sites (N-methyl/N-ethyl adjacent to an activating group) is 1. The van der Waals surface area contributed by atoms with E-state index in [1.165, 1.54) is 7.11 Å². The number of hydrogen-bond donors (Lipinski definition) is 0. The highest BCUT2D eigenvalue weighted by Gasteiger charge is 2.32. The summed E-state index contributed by atoms with van der Waals surface area (Å²) in [7, 11) is 3.62. The van der Waals surface area contributed by atoms with Gasteiger partial charge in [0.15, 0.2) is 0 Å². The van der Waals surface area contributed by atoms with Gasteiger partial charge in [0, 0.05) is 51.5 Å². The molecule has 1 aromatic rings. The Kier molecular flexibility index (Phi) is 4.80. The van der Waals surface area contributed by atoms with E-state index in [4.69, 9.17) is 9.47 Å². The van der Waals surface area contributed by atoms with Crippen LogP contribution in [-0.4, -0.2) is 90.2 Å². The highest BCUT2D eigenvalue weighted by molar-refractivity contribution is 5.75. The lowest BCUT2D eigenvalue weighted by molar-refractivity contribution is 0.123. The molecule has 23 heavy (non-hydrogen) atoms. The molecule has 3 heterocycles. The van der Waals surface area contributed by atoms with Crippen molar-refractivity contribution in [3.05, 3.63) is 12.4 Å². The summed E-state index contributed by atoms with van der Waals surface area (Å²) >= 11 is 0. The molecule has 0 saturated carbocycles. The first kappa shape index (κ1) is 15.8. The number of likely N-dealkylation sites (tertiary alicyclic amines) is 1. The smallest absolute Gasteiger partial charge is 0.320 e. The largest absolute Gasteiger partial charge is 0.477 e. The number of urea groups is 1. The van der Waals surface area contributed by atoms with Crippen LogP contribution in [0.25, 0.3) is 0 Å². The number of carbonyl (C=O) groups excluding carboxylic acids is 1. The highest BCUT2D eigenvalue weighted by Crippen LogP contribution is 2.24. The van der Waals surface area contributed by atoms with Crippen LogP contribution in [0.15, 0.2) is 12.4 Å². The normalized spacial score (nSPS) is 22.3. The Morgan fingerprint density at radius 1 is 1.09 bits per heavy atom. The molecule has 2 aliphatic heterocycles. The molecular formula is C15H23N5O3. The van der Waals surface area contributed by atoms with E-state index >= 15 is 0 Å². The van der Waals surface area contributed by atoms with E-state index in [0.29, 0.717) is 24.8 Å². The maximum Gasteiger partial charge on any atom is 0.320 e. The number of amides is 2. The Hall–Kier alpha value is -2.09. The monoisotopic (exact) mass is 321 g/mol. The van der Waals surface area contributed by atoms with Crippen LogP contribution in [0.5, 0.6) is 11.8 Å². The van der Waals surface area contributed by atoms with E-state index in [1.807, 2.05) is 9.80 Å². The second-order valence-corrected chi connectivity index (χ2v) is 5.92. The van der Waals surface area contributed by atoms with Crippen molar-refractivity contribution >= 4 is 6.03 Å². The van der Waals surface area contributed by atoms with Gasteiger partial charge in [-0.1, -0.05) is 0 Å². The summed E-state index contributed by atoms with van der Waals surface area (Å²) in [4.78, 5) is 26.8. The van der Waals surface area contributed by atoms with Gasteiger partial charge in [0.25, 0.3) is 11.8 Å². The number of nitrogens with zero attached hydrogens (tertiary/aromatic N) is 5. The first-order chi connectivity index (χ1) is 11.2. The quantitative estimate of drug-likeness (QED) is 0.798. The molecule has 2 aliphatic rings. The van der Waals surface area contributed by atoms with Gasteiger partial charge >= 0.3 is 6.03 Å². The summed E-state index contributed by atoms with van der Waals surface area (Å²) in [6, 6.07) is 0.107. The van der Waals surface area contributed by atoms with E-state index in [0.717, 1.165) is 32.6 Å². The molecule has 3 rings (SSSR count). The van der Waals surface area contributed by atoms with Crippen molar-refractivity contribution in [1.29, 1.82) is 0 Å². The molecule has 0 aliphatic carbocycles. The summed E-state index contributed by atoms with van der Waals surface area (Å²) in [5.74, 6) is 0.755. The van der Waals surface area contributed by atoms with Crippen LogP contribution >= 0.6 is 0 Å². The molecule has 2 saturated heterocycles. The fourth-order valence-electron chi connectivity index (χ4n) is 2.89. The number of hydrogen-bond acceptors (Lipinski definition) is 6. The average molecular weight is 321 g/mol. The zero-order valence-electron chi connectivity index (χ0n) is 13.6. The van der Waals surface area contributed by atoms with E-state index in [9.17, 15) is 4.79 Å². The second kappa shape index (κ2) is 6.99. The van der Waals surface area contributed by atoms with E-state index in [1.54, 1.807) is 12.4 Å². The zero-order valence-corrected chi connectivity index (χ0v) is 13.6. The van der Waals surface area contributed by atoms with Crippen LogP contribution in [0, 0.1) is 0 Å². The van der Waals surface area contributed by atoms with Crippen LogP contribution in [0.3, 0.4) is 0 Å². The third kappa shape index (κ3) is 3.64. The van der Waals surface area contributed by atoms with Gasteiger partial charge in [-0.15, -0.1) is 0 Å². The third-order valence-electron chi connectivity index (χ3n) is 4.29. The Morgan fingerprint density at radius 2 is 1.78 bits per heavy atom. The maximum atomic E-state index is 12.6. The Balaban J connectivity index is 1.55. The van der Waals surface area contributed by atoms with E-state index < -0.39 is 0 Å². The van der Waals surface area contributed by atoms with Crippen molar-refractivity contribution in [3.8, 4) is 11.8 Å². The maximum absolute atomic E-state index is 12.6. The molecule has 0 aromatic carbocycles. The second-order valence-electron chi connectivity index (χ2n) is 5.92. The van der Waals surface area contributed by atoms with Crippen molar-refractivity contribution in [2.24, 2.45) is 0 Å². The number of ether oxygens (including phenoxy) is 2. The summed E-state index contributed by atoms with van der Waals surface area (Å²) in [5, 5.41) is 0. The predicted octanol–water partition coefficient (Wildman–Crippen LogP) is 0.306. The van der Waals surface area contributed by atoms with Crippen molar-refractivity contribution in [2.45, 2.75) is 12.5 Å². The molecule has 0 radical (unpaired) electrons. The van der Waals surface area contributed by atoms with E-state index in [-0.39, 0.29) is 12.1 Å². The van der Waals surface area contributed by atoms with Gasteiger partial charge in [-0.05, 0) is 7.05 Å². The number of aromatic nitrogens is 2. The zero-order chi connectivity index (χ0) is 16.2. The summed E-state index contributed by atoms with van der Waals surface area (Å²) in [5.41, 5.74) is 0. The minimum Gasteiger partial charge on any atom is -0.477 e. The summed E-state index contributed by atoms with van der Waals surface area (Å²) in [6.07, 6.45) is 3.85. The molecule has 1 atom stereocenters. The van der Waals surface area contributed by atoms with Crippen LogP contribution in [0.4, 0.5) is 4.79 Å². The summed E-state index contributed by atoms with van der Waals surface area (Å²) < 4.78 is 11.0. The van der Waals surface area contributed by atoms with Gasteiger partial charge in [-0.3, -0.25) is 0 Å². The number of piperazine rings is 1. The van der Waals surface area contributed by atoms with Crippen molar-refractivity contribution in [1.82, 2.24) is 24.7 Å². The van der Waals surface area contributed by atoms with Crippen LogP contribution in [0.1, 0.15) is 6.42 Å². The highest BCUT2D eigenvalue weighted by atomic mass is 16.5. The van der Waals surface area contributed by atoms with Crippen molar-refractivity contribution in [3.63, 3.8) is 0 Å². The van der Waals surface area contributed by atoms with Gasteiger partial charge in [0.1, 0.15) is 6.10 Å². The van der Waals surface area contributed by atoms with Gasteiger partial charge in [-0.2, -0.15) is 0 Å². The van der Waals surface area contributed by atoms with Gasteiger partial charge in [-0.25, -0.2) is 14.8 Å². The lowest BCUT2D eigenvalue weighted by atomic mass is 10.3. The predicted molar refractivity (Wildman–Crippen MR) is 83.7 cm³/mol. The van der Waals surface area contributed by atoms with Gasteiger partial charge < -0.3 is 24.2 Å². The molecular weight excluding hydrogens is 298 g/mol. The standard InChI is InChI=1S/C15H23N5O3/c1-18-7-9-19(10-8-18)15(21)20-6-3-12(11-20)23-14-13(22-2)16-4-5-17-14/h4-5,12H,3,6-11H2,1-2H3/t12-/m1/s1. The molecule has 8 nitrogen and oxygen atoms in total. The molecule has 0 bridgehead atoms. The van der Waals surface area contributed by atoms with Crippen LogP contribution < -0.4 is 9.47 Å². The lowest BCUT2D eigenvalue weighted by Crippen LogP contribution is -2.51. The molecule has 0 N–H and O–H groups in total.